The van der Waals surface area contributed by atoms with Crippen LogP contribution in [0, 0.1) is 5.82 Å². The fourth-order valence-corrected chi connectivity index (χ4v) is 4.75. The van der Waals surface area contributed by atoms with Gasteiger partial charge in [-0.25, -0.2) is 17.7 Å². The molecule has 2 heterocycles. The molecule has 2 fully saturated rings. The molecule has 2 aliphatic heterocycles. The fourth-order valence-electron chi connectivity index (χ4n) is 4.12. The molecule has 9 heteroatoms. The van der Waals surface area contributed by atoms with E-state index < -0.39 is 21.7 Å². The van der Waals surface area contributed by atoms with Gasteiger partial charge in [0, 0.05) is 11.9 Å². The van der Waals surface area contributed by atoms with Gasteiger partial charge in [-0.15, -0.1) is 0 Å². The van der Waals surface area contributed by atoms with Crippen molar-refractivity contribution in [3.05, 3.63) is 54.3 Å². The molecule has 2 aromatic rings. The van der Waals surface area contributed by atoms with Gasteiger partial charge in [0.05, 0.1) is 43.2 Å². The van der Waals surface area contributed by atoms with Gasteiger partial charge in [-0.1, -0.05) is 0 Å². The summed E-state index contributed by atoms with van der Waals surface area (Å²) in [6.45, 7) is 2.77. The predicted octanol–water partition coefficient (Wildman–Crippen LogP) is 0.266. The lowest BCUT2D eigenvalue weighted by atomic mass is 10.1. The first kappa shape index (κ1) is 20.5. The second kappa shape index (κ2) is 7.81. The Morgan fingerprint density at radius 3 is 2.07 bits per heavy atom. The minimum Gasteiger partial charge on any atom is -0.360 e. The molecule has 1 N–H and O–H groups in total. The minimum atomic E-state index is -3.23. The van der Waals surface area contributed by atoms with Crippen molar-refractivity contribution in [1.29, 1.82) is 0 Å². The summed E-state index contributed by atoms with van der Waals surface area (Å²) in [6, 6.07) is 11.7. The quantitative estimate of drug-likeness (QED) is 0.702. The smallest absolute Gasteiger partial charge is 0.292 e. The van der Waals surface area contributed by atoms with E-state index in [4.69, 9.17) is 0 Å². The molecule has 4 rings (SSSR count). The minimum absolute atomic E-state index is 0.147. The van der Waals surface area contributed by atoms with Crippen LogP contribution in [-0.4, -0.2) is 58.7 Å². The van der Waals surface area contributed by atoms with Crippen LogP contribution in [0.3, 0.4) is 0 Å². The zero-order valence-electron chi connectivity index (χ0n) is 16.5. The first-order valence-corrected chi connectivity index (χ1v) is 11.7. The number of piperazine rings is 1. The fraction of sp³-hybridized carbons (Fsp3) is 0.333. The highest BCUT2D eigenvalue weighted by Crippen LogP contribution is 2.23. The highest BCUT2D eigenvalue weighted by Gasteiger charge is 2.46. The number of imide groups is 1. The van der Waals surface area contributed by atoms with Crippen LogP contribution in [-0.2, 0) is 19.4 Å². The predicted molar refractivity (Wildman–Crippen MR) is 110 cm³/mol. The number of carbonyl (C=O) groups is 2. The van der Waals surface area contributed by atoms with E-state index >= 15 is 0 Å². The number of amides is 2. The summed E-state index contributed by atoms with van der Waals surface area (Å²) in [7, 11) is -3.23. The van der Waals surface area contributed by atoms with Crippen LogP contribution in [0.1, 0.15) is 6.42 Å². The van der Waals surface area contributed by atoms with Crippen molar-refractivity contribution < 1.29 is 27.3 Å². The van der Waals surface area contributed by atoms with Crippen LogP contribution in [0.25, 0.3) is 0 Å². The Kier molecular flexibility index (Phi) is 5.33. The van der Waals surface area contributed by atoms with Gasteiger partial charge in [-0.3, -0.25) is 9.59 Å². The Labute approximate surface area is 174 Å². The summed E-state index contributed by atoms with van der Waals surface area (Å²) in [5, 5.41) is 0. The third kappa shape index (κ3) is 3.95. The van der Waals surface area contributed by atoms with E-state index in [2.05, 4.69) is 4.90 Å². The van der Waals surface area contributed by atoms with E-state index in [0.717, 1.165) is 15.5 Å². The first-order chi connectivity index (χ1) is 14.2. The lowest BCUT2D eigenvalue weighted by Crippen LogP contribution is -3.19. The SMILES string of the molecule is CS(=O)(=O)c1ccc(N2CC[NH+]([C@H]3CC(=O)N(c4ccc(F)cc4)C3=O)CC2)cc1. The highest BCUT2D eigenvalue weighted by molar-refractivity contribution is 7.90. The average Bonchev–Trinajstić information content (AvgIpc) is 3.02. The van der Waals surface area contributed by atoms with Crippen LogP contribution in [0.4, 0.5) is 15.8 Å². The number of hydrogen-bond donors (Lipinski definition) is 1. The highest BCUT2D eigenvalue weighted by atomic mass is 32.2. The molecule has 30 heavy (non-hydrogen) atoms. The van der Waals surface area contributed by atoms with Crippen LogP contribution in [0.15, 0.2) is 53.4 Å². The first-order valence-electron chi connectivity index (χ1n) is 9.76. The molecule has 0 radical (unpaired) electrons. The van der Waals surface area contributed by atoms with E-state index in [0.29, 0.717) is 31.9 Å². The number of nitrogens with one attached hydrogen (secondary N) is 1. The van der Waals surface area contributed by atoms with E-state index in [1.807, 2.05) is 0 Å². The summed E-state index contributed by atoms with van der Waals surface area (Å²) < 4.78 is 36.4. The van der Waals surface area contributed by atoms with Gasteiger partial charge in [0.2, 0.25) is 5.91 Å². The molecule has 0 spiro atoms. The van der Waals surface area contributed by atoms with Crippen molar-refractivity contribution in [2.24, 2.45) is 0 Å². The second-order valence-electron chi connectivity index (χ2n) is 7.71. The standard InChI is InChI=1S/C21H22FN3O4S/c1-30(28,29)18-8-6-16(7-9-18)23-10-12-24(13-11-23)19-14-20(26)25(21(19)27)17-4-2-15(22)3-5-17/h2-9,19H,10-14H2,1H3/p+1/t19-/m0/s1. The number of nitrogens with zero attached hydrogens (tertiary/aromatic N) is 2. The largest absolute Gasteiger partial charge is 0.360 e. The van der Waals surface area contributed by atoms with E-state index in [-0.39, 0.29) is 23.1 Å². The van der Waals surface area contributed by atoms with E-state index in [1.165, 1.54) is 30.5 Å². The van der Waals surface area contributed by atoms with Crippen molar-refractivity contribution in [2.45, 2.75) is 17.4 Å². The molecule has 7 nitrogen and oxygen atoms in total. The summed E-state index contributed by atoms with van der Waals surface area (Å²) in [4.78, 5) is 30.0. The van der Waals surface area contributed by atoms with Crippen LogP contribution in [0.5, 0.6) is 0 Å². The molecular formula is C21H23FN3O4S+. The third-order valence-corrected chi connectivity index (χ3v) is 6.89. The molecule has 2 saturated heterocycles. The van der Waals surface area contributed by atoms with Gasteiger partial charge < -0.3 is 9.80 Å². The molecule has 0 aromatic heterocycles. The number of hydrogen-bond acceptors (Lipinski definition) is 5. The maximum atomic E-state index is 13.2. The zero-order chi connectivity index (χ0) is 21.5. The van der Waals surface area contributed by atoms with Gasteiger partial charge in [0.25, 0.3) is 5.91 Å². The Morgan fingerprint density at radius 1 is 0.933 bits per heavy atom. The van der Waals surface area contributed by atoms with Crippen molar-refractivity contribution in [3.8, 4) is 0 Å². The normalized spacial score (nSPS) is 20.8. The monoisotopic (exact) mass is 432 g/mol. The Hall–Kier alpha value is -2.78. The number of carbonyl (C=O) groups excluding carboxylic acids is 2. The van der Waals surface area contributed by atoms with Gasteiger partial charge in [-0.2, -0.15) is 0 Å². The van der Waals surface area contributed by atoms with E-state index in [1.54, 1.807) is 24.3 Å². The molecule has 0 unspecified atom stereocenters. The second-order valence-corrected chi connectivity index (χ2v) is 9.73. The van der Waals surface area contributed by atoms with E-state index in [9.17, 15) is 22.4 Å². The van der Waals surface area contributed by atoms with Crippen LogP contribution in [0.2, 0.25) is 0 Å². The summed E-state index contributed by atoms with van der Waals surface area (Å²) >= 11 is 0. The number of quaternary nitrogens is 1. The number of sulfone groups is 1. The molecule has 158 valence electrons. The maximum absolute atomic E-state index is 13.2. The van der Waals surface area contributed by atoms with Crippen molar-refractivity contribution in [2.75, 3.05) is 42.2 Å². The van der Waals surface area contributed by atoms with Gasteiger partial charge in [-0.05, 0) is 48.5 Å². The lowest BCUT2D eigenvalue weighted by molar-refractivity contribution is -0.915. The Bertz CT molecular complexity index is 1060. The molecule has 2 aromatic carbocycles. The number of anilines is 2. The van der Waals surface area contributed by atoms with Crippen molar-refractivity contribution in [3.63, 3.8) is 0 Å². The molecule has 2 aliphatic rings. The topological polar surface area (TPSA) is 79.2 Å². The number of benzene rings is 2. The molecule has 1 atom stereocenters. The summed E-state index contributed by atoms with van der Waals surface area (Å²) in [6.07, 6.45) is 1.33. The molecule has 2 amide bonds. The number of rotatable bonds is 4. The molecule has 0 aliphatic carbocycles. The number of halogens is 1. The molecule has 0 saturated carbocycles. The summed E-state index contributed by atoms with van der Waals surface area (Å²) in [5.74, 6) is -0.920. The van der Waals surface area contributed by atoms with Gasteiger partial charge in [0.15, 0.2) is 15.9 Å². The summed E-state index contributed by atoms with van der Waals surface area (Å²) in [5.41, 5.74) is 1.33. The van der Waals surface area contributed by atoms with Gasteiger partial charge >= 0.3 is 0 Å². The average molecular weight is 432 g/mol. The lowest BCUT2D eigenvalue weighted by Gasteiger charge is -2.35. The van der Waals surface area contributed by atoms with Gasteiger partial charge in [0.1, 0.15) is 5.82 Å². The van der Waals surface area contributed by atoms with Crippen LogP contribution < -0.4 is 14.7 Å². The third-order valence-electron chi connectivity index (χ3n) is 5.76. The van der Waals surface area contributed by atoms with Crippen molar-refractivity contribution in [1.82, 2.24) is 0 Å². The molecule has 0 bridgehead atoms. The maximum Gasteiger partial charge on any atom is 0.292 e. The molecular weight excluding hydrogens is 409 g/mol. The Morgan fingerprint density at radius 2 is 1.50 bits per heavy atom. The Balaban J connectivity index is 1.41. The zero-order valence-corrected chi connectivity index (χ0v) is 17.4. The van der Waals surface area contributed by atoms with Crippen LogP contribution >= 0.6 is 0 Å². The van der Waals surface area contributed by atoms with Crippen molar-refractivity contribution >= 4 is 33.0 Å².